The van der Waals surface area contributed by atoms with E-state index in [4.69, 9.17) is 10.1 Å². The quantitative estimate of drug-likeness (QED) is 0.184. The number of hydrogen-bond donors (Lipinski definition) is 0. The van der Waals surface area contributed by atoms with E-state index >= 15 is 0 Å². The molecule has 0 radical (unpaired) electrons. The Morgan fingerprint density at radius 1 is 0.388 bits per heavy atom. The van der Waals surface area contributed by atoms with E-state index in [1.807, 2.05) is 12.1 Å². The van der Waals surface area contributed by atoms with Crippen molar-refractivity contribution in [1.29, 1.82) is 0 Å². The van der Waals surface area contributed by atoms with E-state index in [2.05, 4.69) is 181 Å². The Morgan fingerprint density at radius 2 is 0.918 bits per heavy atom. The maximum Gasteiger partial charge on any atom is 0.101 e. The fraction of sp³-hybridized carbons (Fsp3) is 0. The van der Waals surface area contributed by atoms with Crippen molar-refractivity contribution in [2.24, 2.45) is 0 Å². The molecule has 230 valence electrons. The molecule has 3 nitrogen and oxygen atoms in total. The van der Waals surface area contributed by atoms with Crippen LogP contribution in [-0.4, -0.2) is 14.8 Å². The topological polar surface area (TPSA) is 30.7 Å². The number of benzene rings is 7. The zero-order valence-corrected chi connectivity index (χ0v) is 26.7. The van der Waals surface area contributed by atoms with Gasteiger partial charge >= 0.3 is 0 Å². The van der Waals surface area contributed by atoms with Gasteiger partial charge in [0.1, 0.15) is 5.69 Å². The van der Waals surface area contributed by atoms with Crippen LogP contribution in [0.3, 0.4) is 0 Å². The predicted octanol–water partition coefficient (Wildman–Crippen LogP) is 11.9. The molecule has 0 saturated carbocycles. The lowest BCUT2D eigenvalue weighted by Gasteiger charge is -2.13. The molecule has 0 N–H and O–H groups in total. The summed E-state index contributed by atoms with van der Waals surface area (Å²) >= 11 is 0. The van der Waals surface area contributed by atoms with Crippen molar-refractivity contribution in [2.45, 2.75) is 0 Å². The minimum atomic E-state index is 0.941. The smallest absolute Gasteiger partial charge is 0.101 e. The summed E-state index contributed by atoms with van der Waals surface area (Å²) < 4.78 is 2.15. The van der Waals surface area contributed by atoms with Crippen LogP contribution in [0.2, 0.25) is 0 Å². The highest BCUT2D eigenvalue weighted by molar-refractivity contribution is 6.17. The Balaban J connectivity index is 1.30. The Kier molecular flexibility index (Phi) is 7.14. The molecule has 9 rings (SSSR count). The fourth-order valence-electron chi connectivity index (χ4n) is 6.85. The number of pyridine rings is 1. The average Bonchev–Trinajstić information content (AvgIpc) is 3.60. The average molecular weight is 626 g/mol. The van der Waals surface area contributed by atoms with Crippen LogP contribution in [0, 0.1) is 0 Å². The zero-order valence-electron chi connectivity index (χ0n) is 26.7. The highest BCUT2D eigenvalue weighted by Crippen LogP contribution is 2.42. The molecule has 0 amide bonds. The first-order valence-electron chi connectivity index (χ1n) is 16.6. The molecular weight excluding hydrogens is 595 g/mol. The van der Waals surface area contributed by atoms with Crippen LogP contribution in [0.4, 0.5) is 0 Å². The van der Waals surface area contributed by atoms with Crippen molar-refractivity contribution in [3.05, 3.63) is 188 Å². The van der Waals surface area contributed by atoms with E-state index in [0.29, 0.717) is 0 Å². The summed E-state index contributed by atoms with van der Waals surface area (Å²) in [6.45, 7) is 0. The van der Waals surface area contributed by atoms with E-state index in [1.54, 1.807) is 0 Å². The maximum atomic E-state index is 5.44. The third-order valence-electron chi connectivity index (χ3n) is 9.19. The standard InChI is InChI=1S/C46H31N3/c1-5-16-32(17-6-1)41-29-37-24-13-14-27-40(37)46-44(41)45(35-22-11-4-12-23-35)48-49(46)39-26-15-25-36(28-39)38-30-42(33-18-7-2-8-19-33)47-43(31-38)34-20-9-3-10-21-34/h1-31H. The van der Waals surface area contributed by atoms with Crippen LogP contribution in [0.15, 0.2) is 188 Å². The van der Waals surface area contributed by atoms with Gasteiger partial charge in [0.2, 0.25) is 0 Å². The van der Waals surface area contributed by atoms with E-state index < -0.39 is 0 Å². The molecule has 0 unspecified atom stereocenters. The van der Waals surface area contributed by atoms with Crippen LogP contribution in [0.5, 0.6) is 0 Å². The normalized spacial score (nSPS) is 11.3. The molecule has 7 aromatic carbocycles. The van der Waals surface area contributed by atoms with Crippen LogP contribution in [-0.2, 0) is 0 Å². The van der Waals surface area contributed by atoms with Gasteiger partial charge in [-0.05, 0) is 58.0 Å². The minimum absolute atomic E-state index is 0.941. The van der Waals surface area contributed by atoms with Gasteiger partial charge in [-0.1, -0.05) is 158 Å². The van der Waals surface area contributed by atoms with Crippen molar-refractivity contribution in [2.75, 3.05) is 0 Å². The molecule has 0 aliphatic heterocycles. The third kappa shape index (κ3) is 5.28. The van der Waals surface area contributed by atoms with Gasteiger partial charge in [0.05, 0.1) is 22.6 Å². The molecular formula is C46H31N3. The second kappa shape index (κ2) is 12.2. The summed E-state index contributed by atoms with van der Waals surface area (Å²) in [6.07, 6.45) is 0. The molecule has 2 aromatic heterocycles. The maximum absolute atomic E-state index is 5.44. The summed E-state index contributed by atoms with van der Waals surface area (Å²) in [5.41, 5.74) is 12.7. The third-order valence-corrected chi connectivity index (χ3v) is 9.19. The number of rotatable bonds is 6. The summed E-state index contributed by atoms with van der Waals surface area (Å²) in [4.78, 5) is 5.11. The highest BCUT2D eigenvalue weighted by atomic mass is 15.3. The van der Waals surface area contributed by atoms with Crippen LogP contribution < -0.4 is 0 Å². The van der Waals surface area contributed by atoms with E-state index in [0.717, 1.165) is 61.5 Å². The van der Waals surface area contributed by atoms with Crippen LogP contribution in [0.25, 0.3) is 83.4 Å². The number of nitrogens with zero attached hydrogens (tertiary/aromatic N) is 3. The first-order chi connectivity index (χ1) is 24.3. The second-order valence-corrected chi connectivity index (χ2v) is 12.3. The first kappa shape index (κ1) is 28.6. The molecule has 0 spiro atoms. The number of hydrogen-bond acceptors (Lipinski definition) is 2. The molecule has 0 aliphatic carbocycles. The largest absolute Gasteiger partial charge is 0.248 e. The first-order valence-corrected chi connectivity index (χ1v) is 16.6. The van der Waals surface area contributed by atoms with E-state index in [-0.39, 0.29) is 0 Å². The predicted molar refractivity (Wildman–Crippen MR) is 204 cm³/mol. The van der Waals surface area contributed by atoms with Crippen molar-refractivity contribution < 1.29 is 0 Å². The number of fused-ring (bicyclic) bond motifs is 3. The molecule has 0 saturated heterocycles. The number of aromatic nitrogens is 3. The van der Waals surface area contributed by atoms with Gasteiger partial charge in [-0.15, -0.1) is 0 Å². The Labute approximate surface area is 285 Å². The van der Waals surface area contributed by atoms with E-state index in [9.17, 15) is 0 Å². The summed E-state index contributed by atoms with van der Waals surface area (Å²) in [5, 5.41) is 8.92. The minimum Gasteiger partial charge on any atom is -0.248 e. The van der Waals surface area contributed by atoms with Crippen LogP contribution >= 0.6 is 0 Å². The molecule has 3 heteroatoms. The monoisotopic (exact) mass is 625 g/mol. The van der Waals surface area contributed by atoms with Gasteiger partial charge in [0.15, 0.2) is 0 Å². The molecule has 9 aromatic rings. The van der Waals surface area contributed by atoms with E-state index in [1.165, 1.54) is 21.9 Å². The van der Waals surface area contributed by atoms with Crippen molar-refractivity contribution in [3.8, 4) is 61.7 Å². The summed E-state index contributed by atoms with van der Waals surface area (Å²) in [6, 6.07) is 66.1. The molecule has 0 bridgehead atoms. The Bertz CT molecular complexity index is 2510. The molecule has 2 heterocycles. The van der Waals surface area contributed by atoms with Crippen molar-refractivity contribution in [3.63, 3.8) is 0 Å². The van der Waals surface area contributed by atoms with Crippen molar-refractivity contribution >= 4 is 21.7 Å². The summed E-state index contributed by atoms with van der Waals surface area (Å²) in [7, 11) is 0. The molecule has 49 heavy (non-hydrogen) atoms. The molecule has 0 fully saturated rings. The van der Waals surface area contributed by atoms with Gasteiger partial charge in [-0.2, -0.15) is 5.10 Å². The van der Waals surface area contributed by atoms with Gasteiger partial charge < -0.3 is 0 Å². The highest BCUT2D eigenvalue weighted by Gasteiger charge is 2.21. The zero-order chi connectivity index (χ0) is 32.6. The fourth-order valence-corrected chi connectivity index (χ4v) is 6.85. The summed E-state index contributed by atoms with van der Waals surface area (Å²) in [5.74, 6) is 0. The molecule has 0 aliphatic rings. The van der Waals surface area contributed by atoms with Gasteiger partial charge in [0, 0.05) is 27.5 Å². The van der Waals surface area contributed by atoms with Gasteiger partial charge in [-0.3, -0.25) is 0 Å². The second-order valence-electron chi connectivity index (χ2n) is 12.3. The SMILES string of the molecule is c1ccc(-c2cc(-c3cccc(-n4nc(-c5ccccc5)c5c(-c6ccccc6)cc6ccccc6c54)c3)cc(-c3ccccc3)n2)cc1. The molecule has 0 atom stereocenters. The lowest BCUT2D eigenvalue weighted by molar-refractivity contribution is 0.918. The van der Waals surface area contributed by atoms with Gasteiger partial charge in [-0.25, -0.2) is 9.67 Å². The Morgan fingerprint density at radius 3 is 1.55 bits per heavy atom. The van der Waals surface area contributed by atoms with Crippen molar-refractivity contribution in [1.82, 2.24) is 14.8 Å². The Hall–Kier alpha value is -6.58. The van der Waals surface area contributed by atoms with Gasteiger partial charge in [0.25, 0.3) is 0 Å². The lowest BCUT2D eigenvalue weighted by atomic mass is 9.94. The van der Waals surface area contributed by atoms with Crippen LogP contribution in [0.1, 0.15) is 0 Å². The lowest BCUT2D eigenvalue weighted by Crippen LogP contribution is -1.98.